The van der Waals surface area contributed by atoms with Crippen molar-refractivity contribution in [2.24, 2.45) is 5.92 Å². The molecule has 0 bridgehead atoms. The third-order valence-corrected chi connectivity index (χ3v) is 7.80. The van der Waals surface area contributed by atoms with E-state index in [1.807, 2.05) is 56.3 Å². The van der Waals surface area contributed by atoms with Gasteiger partial charge in [0.05, 0.1) is 17.1 Å². The van der Waals surface area contributed by atoms with E-state index >= 15 is 0 Å². The second kappa shape index (κ2) is 11.2. The zero-order valence-corrected chi connectivity index (χ0v) is 22.5. The predicted octanol–water partition coefficient (Wildman–Crippen LogP) is 4.74. The van der Waals surface area contributed by atoms with Crippen molar-refractivity contribution in [3.63, 3.8) is 0 Å². The van der Waals surface area contributed by atoms with Gasteiger partial charge in [-0.25, -0.2) is 4.79 Å². The Bertz CT molecular complexity index is 1420. The van der Waals surface area contributed by atoms with Gasteiger partial charge >= 0.3 is 6.09 Å². The summed E-state index contributed by atoms with van der Waals surface area (Å²) in [5.74, 6) is -0.459. The van der Waals surface area contributed by atoms with E-state index in [0.29, 0.717) is 22.7 Å². The van der Waals surface area contributed by atoms with Crippen LogP contribution in [-0.2, 0) is 9.59 Å². The number of Topliss-reactive ketones (excluding diaryl/α,β-unsaturated/α-hetero) is 1. The number of hydrogen-bond donors (Lipinski definition) is 1. The first kappa shape index (κ1) is 26.4. The molecule has 8 nitrogen and oxygen atoms in total. The smallest absolute Gasteiger partial charge is 0.410 e. The number of amides is 3. The molecule has 5 rings (SSSR count). The van der Waals surface area contributed by atoms with Crippen molar-refractivity contribution in [1.29, 1.82) is 0 Å². The van der Waals surface area contributed by atoms with Gasteiger partial charge in [0.1, 0.15) is 17.8 Å². The quantitative estimate of drug-likeness (QED) is 0.465. The second-order valence-corrected chi connectivity index (χ2v) is 11.0. The lowest BCUT2D eigenvalue weighted by Gasteiger charge is -2.28. The highest BCUT2D eigenvalue weighted by molar-refractivity contribution is 7.17. The summed E-state index contributed by atoms with van der Waals surface area (Å²) in [6, 6.07) is 20.4. The summed E-state index contributed by atoms with van der Waals surface area (Å²) >= 11 is 1.36. The molecule has 9 heteroatoms. The molecule has 3 aromatic rings. The van der Waals surface area contributed by atoms with Gasteiger partial charge in [-0.2, -0.15) is 0 Å². The molecule has 3 amide bonds. The molecule has 0 aliphatic carbocycles. The number of hydrogen-bond acceptors (Lipinski definition) is 6. The first-order chi connectivity index (χ1) is 18.8. The van der Waals surface area contributed by atoms with E-state index in [9.17, 15) is 19.2 Å². The lowest BCUT2D eigenvalue weighted by Crippen LogP contribution is -2.52. The summed E-state index contributed by atoms with van der Waals surface area (Å²) in [5.41, 5.74) is 1.46. The molecule has 2 aliphatic rings. The molecule has 2 aliphatic heterocycles. The first-order valence-electron chi connectivity index (χ1n) is 12.9. The van der Waals surface area contributed by atoms with Crippen molar-refractivity contribution in [3.05, 3.63) is 89.4 Å². The maximum Gasteiger partial charge on any atom is 0.419 e. The molecule has 0 radical (unpaired) electrons. The molecule has 200 valence electrons. The molecule has 0 spiro atoms. The predicted molar refractivity (Wildman–Crippen MR) is 148 cm³/mol. The molecule has 39 heavy (non-hydrogen) atoms. The monoisotopic (exact) mass is 543 g/mol. The minimum absolute atomic E-state index is 0.120. The third kappa shape index (κ3) is 5.63. The van der Waals surface area contributed by atoms with E-state index < -0.39 is 18.2 Å². The number of rotatable bonds is 7. The number of carbonyl (C=O) groups is 4. The molecular weight excluding hydrogens is 514 g/mol. The molecule has 2 atom stereocenters. The minimum Gasteiger partial charge on any atom is -0.410 e. The van der Waals surface area contributed by atoms with E-state index in [1.165, 1.54) is 21.1 Å². The highest BCUT2D eigenvalue weighted by atomic mass is 32.1. The summed E-state index contributed by atoms with van der Waals surface area (Å²) in [5, 5.41) is 2.91. The van der Waals surface area contributed by atoms with Crippen molar-refractivity contribution in [1.82, 2.24) is 15.1 Å². The number of ketones is 1. The normalized spacial score (nSPS) is 17.2. The number of carbonyl (C=O) groups excluding carboxylic acids is 4. The maximum atomic E-state index is 13.7. The first-order valence-corrected chi connectivity index (χ1v) is 13.7. The molecule has 1 saturated heterocycles. The van der Waals surface area contributed by atoms with Gasteiger partial charge in [-0.1, -0.05) is 62.4 Å². The average Bonchev–Trinajstić information content (AvgIpc) is 3.66. The van der Waals surface area contributed by atoms with Crippen molar-refractivity contribution < 1.29 is 23.9 Å². The van der Waals surface area contributed by atoms with Crippen LogP contribution >= 0.6 is 11.3 Å². The number of benzene rings is 2. The molecule has 0 saturated carbocycles. The Balaban J connectivity index is 1.29. The molecule has 1 aromatic heterocycles. The molecular formula is C30H29N3O5S. The Morgan fingerprint density at radius 3 is 2.38 bits per heavy atom. The van der Waals surface area contributed by atoms with Gasteiger partial charge < -0.3 is 15.0 Å². The Morgan fingerprint density at radius 1 is 1.00 bits per heavy atom. The number of nitrogens with zero attached hydrogens (tertiary/aromatic N) is 2. The topological polar surface area (TPSA) is 96.0 Å². The van der Waals surface area contributed by atoms with Gasteiger partial charge in [-0.05, 0) is 48.2 Å². The lowest BCUT2D eigenvalue weighted by molar-refractivity contribution is -0.137. The highest BCUT2D eigenvalue weighted by Gasteiger charge is 2.48. The van der Waals surface area contributed by atoms with Crippen LogP contribution in [-0.4, -0.2) is 58.7 Å². The Kier molecular flexibility index (Phi) is 7.60. The Morgan fingerprint density at radius 2 is 1.69 bits per heavy atom. The molecule has 1 N–H and O–H groups in total. The number of fused-ring (bicyclic) bond motifs is 1. The highest BCUT2D eigenvalue weighted by Crippen LogP contribution is 2.32. The van der Waals surface area contributed by atoms with Crippen LogP contribution < -0.4 is 10.1 Å². The SMILES string of the molecule is CC(C)CC(NC(=O)c1ccc(-c2ccccc2)s1)C(=O)N1CC=C2C1C(=O)CN2C(=O)Oc1ccccc1. The zero-order chi connectivity index (χ0) is 27.5. The van der Waals surface area contributed by atoms with Crippen LogP contribution in [0, 0.1) is 5.92 Å². The Hall–Kier alpha value is -4.24. The van der Waals surface area contributed by atoms with Gasteiger partial charge in [0.25, 0.3) is 5.91 Å². The van der Waals surface area contributed by atoms with E-state index in [1.54, 1.807) is 36.4 Å². The van der Waals surface area contributed by atoms with E-state index in [2.05, 4.69) is 5.32 Å². The van der Waals surface area contributed by atoms with Gasteiger partial charge in [0.15, 0.2) is 5.78 Å². The van der Waals surface area contributed by atoms with Gasteiger partial charge in [-0.3, -0.25) is 19.3 Å². The van der Waals surface area contributed by atoms with Crippen LogP contribution in [0.15, 0.2) is 84.6 Å². The van der Waals surface area contributed by atoms with Gasteiger partial charge in [0.2, 0.25) is 5.91 Å². The second-order valence-electron chi connectivity index (χ2n) is 9.94. The standard InChI is InChI=1S/C30H29N3O5S/c1-19(2)17-22(31-28(35)26-14-13-25(39-26)20-9-5-3-6-10-20)29(36)32-16-15-23-27(32)24(34)18-33(23)30(37)38-21-11-7-4-8-12-21/h3-15,19,22,27H,16-18H2,1-2H3,(H,31,35). The van der Waals surface area contributed by atoms with Gasteiger partial charge in [-0.15, -0.1) is 11.3 Å². The zero-order valence-electron chi connectivity index (χ0n) is 21.7. The Labute approximate surface area is 230 Å². The number of ether oxygens (including phenoxy) is 1. The average molecular weight is 544 g/mol. The van der Waals surface area contributed by atoms with Crippen LogP contribution in [0.5, 0.6) is 5.75 Å². The number of para-hydroxylation sites is 1. The molecule has 3 heterocycles. The fourth-order valence-corrected chi connectivity index (χ4v) is 5.78. The van der Waals surface area contributed by atoms with Gasteiger partial charge in [0, 0.05) is 11.4 Å². The summed E-state index contributed by atoms with van der Waals surface area (Å²) in [6.45, 7) is 3.94. The fourth-order valence-electron chi connectivity index (χ4n) is 4.87. The van der Waals surface area contributed by atoms with Crippen molar-refractivity contribution >= 4 is 35.0 Å². The number of likely N-dealkylation sites (tertiary alicyclic amines) is 1. The van der Waals surface area contributed by atoms with Crippen molar-refractivity contribution in [2.75, 3.05) is 13.1 Å². The van der Waals surface area contributed by atoms with Crippen LogP contribution in [0.2, 0.25) is 0 Å². The largest absolute Gasteiger partial charge is 0.419 e. The summed E-state index contributed by atoms with van der Waals surface area (Å²) in [7, 11) is 0. The van der Waals surface area contributed by atoms with E-state index in [-0.39, 0.29) is 36.6 Å². The summed E-state index contributed by atoms with van der Waals surface area (Å²) < 4.78 is 5.42. The van der Waals surface area contributed by atoms with Crippen LogP contribution in [0.1, 0.15) is 29.9 Å². The van der Waals surface area contributed by atoms with E-state index in [4.69, 9.17) is 4.74 Å². The maximum absolute atomic E-state index is 13.7. The van der Waals surface area contributed by atoms with Crippen LogP contribution in [0.3, 0.4) is 0 Å². The van der Waals surface area contributed by atoms with E-state index in [0.717, 1.165) is 10.4 Å². The molecule has 2 unspecified atom stereocenters. The number of thiophene rings is 1. The number of nitrogens with one attached hydrogen (secondary N) is 1. The fraction of sp³-hybridized carbons (Fsp3) is 0.267. The van der Waals surface area contributed by atoms with Crippen molar-refractivity contribution in [2.45, 2.75) is 32.4 Å². The molecule has 1 fully saturated rings. The summed E-state index contributed by atoms with van der Waals surface area (Å²) in [4.78, 5) is 56.9. The van der Waals surface area contributed by atoms with Crippen LogP contribution in [0.4, 0.5) is 4.79 Å². The van der Waals surface area contributed by atoms with Crippen molar-refractivity contribution in [3.8, 4) is 16.2 Å². The third-order valence-electron chi connectivity index (χ3n) is 6.67. The van der Waals surface area contributed by atoms with Crippen LogP contribution in [0.25, 0.3) is 10.4 Å². The lowest BCUT2D eigenvalue weighted by atomic mass is 10.0. The minimum atomic E-state index is -0.876. The summed E-state index contributed by atoms with van der Waals surface area (Å²) in [6.07, 6.45) is 1.45. The molecule has 2 aromatic carbocycles.